The van der Waals surface area contributed by atoms with Crippen molar-refractivity contribution in [3.05, 3.63) is 42.0 Å². The van der Waals surface area contributed by atoms with Crippen LogP contribution in [-0.4, -0.2) is 48.9 Å². The van der Waals surface area contributed by atoms with E-state index >= 15 is 0 Å². The quantitative estimate of drug-likeness (QED) is 0.588. The highest BCUT2D eigenvalue weighted by molar-refractivity contribution is 5.92. The van der Waals surface area contributed by atoms with Crippen molar-refractivity contribution in [1.29, 1.82) is 0 Å². The van der Waals surface area contributed by atoms with Crippen molar-refractivity contribution in [3.8, 4) is 0 Å². The first-order valence-electron chi connectivity index (χ1n) is 9.41. The summed E-state index contributed by atoms with van der Waals surface area (Å²) >= 11 is 0. The second-order valence-corrected chi connectivity index (χ2v) is 7.15. The SMILES string of the molecule is CC(C)CNC(=O)COC(=O)C1CCN(C(=O)/C=C/c2ccccc2)CC1. The number of carbonyl (C=O) groups excluding carboxylic acids is 3. The van der Waals surface area contributed by atoms with E-state index in [-0.39, 0.29) is 30.3 Å². The monoisotopic (exact) mass is 372 g/mol. The Bertz CT molecular complexity index is 662. The van der Waals surface area contributed by atoms with E-state index in [1.54, 1.807) is 17.1 Å². The van der Waals surface area contributed by atoms with E-state index in [2.05, 4.69) is 5.32 Å². The molecule has 1 fully saturated rings. The zero-order valence-corrected chi connectivity index (χ0v) is 16.0. The fourth-order valence-corrected chi connectivity index (χ4v) is 2.80. The average Bonchev–Trinajstić information content (AvgIpc) is 2.69. The number of likely N-dealkylation sites (tertiary alicyclic amines) is 1. The van der Waals surface area contributed by atoms with E-state index in [1.165, 1.54) is 0 Å². The molecule has 0 aliphatic carbocycles. The molecule has 0 atom stereocenters. The predicted molar refractivity (Wildman–Crippen MR) is 104 cm³/mol. The van der Waals surface area contributed by atoms with Gasteiger partial charge in [0, 0.05) is 25.7 Å². The molecule has 1 heterocycles. The molecule has 0 bridgehead atoms. The molecule has 0 aromatic heterocycles. The van der Waals surface area contributed by atoms with Crippen LogP contribution in [0, 0.1) is 11.8 Å². The molecule has 0 radical (unpaired) electrons. The van der Waals surface area contributed by atoms with Gasteiger partial charge in [-0.25, -0.2) is 0 Å². The van der Waals surface area contributed by atoms with Crippen LogP contribution in [0.25, 0.3) is 6.08 Å². The van der Waals surface area contributed by atoms with Crippen molar-refractivity contribution >= 4 is 23.9 Å². The number of amides is 2. The van der Waals surface area contributed by atoms with Crippen molar-refractivity contribution in [2.45, 2.75) is 26.7 Å². The Hall–Kier alpha value is -2.63. The van der Waals surface area contributed by atoms with Crippen molar-refractivity contribution in [2.24, 2.45) is 11.8 Å². The second-order valence-electron chi connectivity index (χ2n) is 7.15. The fraction of sp³-hybridized carbons (Fsp3) is 0.476. The van der Waals surface area contributed by atoms with Gasteiger partial charge in [-0.3, -0.25) is 14.4 Å². The van der Waals surface area contributed by atoms with E-state index in [0.717, 1.165) is 5.56 Å². The number of piperidine rings is 1. The van der Waals surface area contributed by atoms with Crippen LogP contribution in [0.5, 0.6) is 0 Å². The Morgan fingerprint density at radius 1 is 1.19 bits per heavy atom. The molecular formula is C21H28N2O4. The summed E-state index contributed by atoms with van der Waals surface area (Å²) in [5.41, 5.74) is 0.972. The molecule has 1 aliphatic heterocycles. The molecule has 1 aromatic rings. The third-order valence-electron chi connectivity index (χ3n) is 4.41. The lowest BCUT2D eigenvalue weighted by Gasteiger charge is -2.30. The number of hydrogen-bond acceptors (Lipinski definition) is 4. The molecule has 1 N–H and O–H groups in total. The van der Waals surface area contributed by atoms with Gasteiger partial charge in [-0.2, -0.15) is 0 Å². The lowest BCUT2D eigenvalue weighted by atomic mass is 9.97. The van der Waals surface area contributed by atoms with Gasteiger partial charge < -0.3 is 15.0 Å². The van der Waals surface area contributed by atoms with Gasteiger partial charge in [0.25, 0.3) is 5.91 Å². The van der Waals surface area contributed by atoms with Gasteiger partial charge in [0.1, 0.15) is 0 Å². The summed E-state index contributed by atoms with van der Waals surface area (Å²) in [5, 5.41) is 2.71. The molecule has 2 rings (SSSR count). The number of carbonyl (C=O) groups is 3. The number of hydrogen-bond donors (Lipinski definition) is 1. The Kier molecular flexibility index (Phi) is 8.04. The minimum absolute atomic E-state index is 0.0567. The number of ether oxygens (including phenoxy) is 1. The summed E-state index contributed by atoms with van der Waals surface area (Å²) in [6.45, 7) is 5.33. The van der Waals surface area contributed by atoms with Crippen LogP contribution in [-0.2, 0) is 19.1 Å². The van der Waals surface area contributed by atoms with Crippen LogP contribution in [0.3, 0.4) is 0 Å². The van der Waals surface area contributed by atoms with Crippen LogP contribution in [0.15, 0.2) is 36.4 Å². The van der Waals surface area contributed by atoms with Gasteiger partial charge in [-0.1, -0.05) is 44.2 Å². The average molecular weight is 372 g/mol. The van der Waals surface area contributed by atoms with E-state index < -0.39 is 0 Å². The summed E-state index contributed by atoms with van der Waals surface area (Å²) in [6, 6.07) is 9.64. The molecule has 1 aliphatic rings. The highest BCUT2D eigenvalue weighted by atomic mass is 16.5. The first-order valence-corrected chi connectivity index (χ1v) is 9.41. The Balaban J connectivity index is 1.71. The highest BCUT2D eigenvalue weighted by Crippen LogP contribution is 2.19. The molecule has 146 valence electrons. The normalized spacial score (nSPS) is 15.1. The standard InChI is InChI=1S/C21H28N2O4/c1-16(2)14-22-19(24)15-27-21(26)18-10-12-23(13-11-18)20(25)9-8-17-6-4-3-5-7-17/h3-9,16,18H,10-15H2,1-2H3,(H,22,24)/b9-8+. The highest BCUT2D eigenvalue weighted by Gasteiger charge is 2.28. The van der Waals surface area contributed by atoms with Crippen LogP contribution >= 0.6 is 0 Å². The fourth-order valence-electron chi connectivity index (χ4n) is 2.80. The number of rotatable bonds is 7. The molecule has 0 saturated carbocycles. The van der Waals surface area contributed by atoms with Gasteiger partial charge in [0.05, 0.1) is 5.92 Å². The molecule has 27 heavy (non-hydrogen) atoms. The molecule has 1 saturated heterocycles. The molecular weight excluding hydrogens is 344 g/mol. The van der Waals surface area contributed by atoms with Crippen LogP contribution in [0.1, 0.15) is 32.3 Å². The van der Waals surface area contributed by atoms with E-state index in [1.807, 2.05) is 44.2 Å². The van der Waals surface area contributed by atoms with Crippen LogP contribution < -0.4 is 5.32 Å². The first-order chi connectivity index (χ1) is 13.0. The van der Waals surface area contributed by atoms with Crippen LogP contribution in [0.4, 0.5) is 0 Å². The van der Waals surface area contributed by atoms with Crippen molar-refractivity contribution < 1.29 is 19.1 Å². The first kappa shape index (κ1) is 20.7. The molecule has 1 aromatic carbocycles. The van der Waals surface area contributed by atoms with E-state index in [4.69, 9.17) is 4.74 Å². The minimum Gasteiger partial charge on any atom is -0.455 e. The summed E-state index contributed by atoms with van der Waals surface area (Å²) < 4.78 is 5.11. The van der Waals surface area contributed by atoms with Gasteiger partial charge >= 0.3 is 5.97 Å². The van der Waals surface area contributed by atoms with E-state index in [9.17, 15) is 14.4 Å². The third-order valence-corrected chi connectivity index (χ3v) is 4.41. The molecule has 6 heteroatoms. The zero-order chi connectivity index (χ0) is 19.6. The van der Waals surface area contributed by atoms with E-state index in [0.29, 0.717) is 38.4 Å². The topological polar surface area (TPSA) is 75.7 Å². The Morgan fingerprint density at radius 3 is 2.48 bits per heavy atom. The van der Waals surface area contributed by atoms with Crippen LogP contribution in [0.2, 0.25) is 0 Å². The number of esters is 1. The Labute approximate surface area is 160 Å². The molecule has 0 spiro atoms. The van der Waals surface area contributed by atoms with Crippen molar-refractivity contribution in [1.82, 2.24) is 10.2 Å². The molecule has 2 amide bonds. The minimum atomic E-state index is -0.360. The van der Waals surface area contributed by atoms with Crippen molar-refractivity contribution in [3.63, 3.8) is 0 Å². The molecule has 6 nitrogen and oxygen atoms in total. The predicted octanol–water partition coefficient (Wildman–Crippen LogP) is 2.25. The summed E-state index contributed by atoms with van der Waals surface area (Å²) in [5.74, 6) is -0.608. The maximum Gasteiger partial charge on any atom is 0.309 e. The van der Waals surface area contributed by atoms with Gasteiger partial charge in [0.2, 0.25) is 5.91 Å². The smallest absolute Gasteiger partial charge is 0.309 e. The maximum atomic E-state index is 12.3. The third kappa shape index (κ3) is 7.25. The lowest BCUT2D eigenvalue weighted by molar-refractivity contribution is -0.154. The molecule has 0 unspecified atom stereocenters. The maximum absolute atomic E-state index is 12.3. The number of benzene rings is 1. The van der Waals surface area contributed by atoms with Gasteiger partial charge in [-0.15, -0.1) is 0 Å². The summed E-state index contributed by atoms with van der Waals surface area (Å²) in [4.78, 5) is 37.7. The van der Waals surface area contributed by atoms with Crippen molar-refractivity contribution in [2.75, 3.05) is 26.2 Å². The second kappa shape index (κ2) is 10.5. The number of nitrogens with zero attached hydrogens (tertiary/aromatic N) is 1. The largest absolute Gasteiger partial charge is 0.455 e. The summed E-state index contributed by atoms with van der Waals surface area (Å²) in [6.07, 6.45) is 4.46. The summed E-state index contributed by atoms with van der Waals surface area (Å²) in [7, 11) is 0. The zero-order valence-electron chi connectivity index (χ0n) is 16.0. The van der Waals surface area contributed by atoms with Gasteiger partial charge in [0.15, 0.2) is 6.61 Å². The van der Waals surface area contributed by atoms with Gasteiger partial charge in [-0.05, 0) is 30.4 Å². The Morgan fingerprint density at radius 2 is 1.85 bits per heavy atom. The number of nitrogens with one attached hydrogen (secondary N) is 1. The lowest BCUT2D eigenvalue weighted by Crippen LogP contribution is -2.40.